The number of rotatable bonds is 5. The molecule has 220 valence electrons. The molecule has 0 heterocycles. The first kappa shape index (κ1) is 27.2. The van der Waals surface area contributed by atoms with Gasteiger partial charge in [0.05, 0.1) is 0 Å². The standard InChI is InChI=1S/C46H31N/c1-2-11-40(12-3-1)47(41-23-16-33(17-24-41)37-15-14-32-8-4-5-10-36(32)30-37)42-25-18-34(19-26-42)38-21-27-44-39(31-38)22-29-45-43-13-7-6-9-35(43)20-28-46(44)45/h1-31H. The van der Waals surface area contributed by atoms with Crippen molar-refractivity contribution in [2.45, 2.75) is 0 Å². The molecule has 0 unspecified atom stereocenters. The second-order valence-corrected chi connectivity index (χ2v) is 12.2. The molecule has 1 heteroatoms. The van der Waals surface area contributed by atoms with E-state index in [1.54, 1.807) is 0 Å². The van der Waals surface area contributed by atoms with Crippen molar-refractivity contribution in [3.8, 4) is 22.3 Å². The Morgan fingerprint density at radius 2 is 0.660 bits per heavy atom. The van der Waals surface area contributed by atoms with E-state index in [9.17, 15) is 0 Å². The molecule has 0 N–H and O–H groups in total. The van der Waals surface area contributed by atoms with Gasteiger partial charge in [-0.15, -0.1) is 0 Å². The summed E-state index contributed by atoms with van der Waals surface area (Å²) < 4.78 is 0. The number of hydrogen-bond acceptors (Lipinski definition) is 1. The van der Waals surface area contributed by atoms with Crippen molar-refractivity contribution in [3.63, 3.8) is 0 Å². The van der Waals surface area contributed by atoms with Crippen LogP contribution in [0.5, 0.6) is 0 Å². The zero-order valence-corrected chi connectivity index (χ0v) is 25.8. The molecule has 0 aliphatic heterocycles. The van der Waals surface area contributed by atoms with Gasteiger partial charge in [-0.1, -0.05) is 140 Å². The molecule has 0 radical (unpaired) electrons. The molecule has 0 saturated heterocycles. The molecule has 9 rings (SSSR count). The molecule has 0 aliphatic carbocycles. The fourth-order valence-electron chi connectivity index (χ4n) is 7.01. The van der Waals surface area contributed by atoms with Crippen LogP contribution in [0, 0.1) is 0 Å². The van der Waals surface area contributed by atoms with Crippen LogP contribution in [-0.2, 0) is 0 Å². The summed E-state index contributed by atoms with van der Waals surface area (Å²) in [7, 11) is 0. The van der Waals surface area contributed by atoms with Crippen molar-refractivity contribution in [2.24, 2.45) is 0 Å². The van der Waals surface area contributed by atoms with Crippen LogP contribution in [0.2, 0.25) is 0 Å². The van der Waals surface area contributed by atoms with Crippen LogP contribution in [0.3, 0.4) is 0 Å². The van der Waals surface area contributed by atoms with Gasteiger partial charge in [0, 0.05) is 17.1 Å². The lowest BCUT2D eigenvalue weighted by Gasteiger charge is -2.26. The summed E-state index contributed by atoms with van der Waals surface area (Å²) in [6.45, 7) is 0. The molecule has 0 saturated carbocycles. The van der Waals surface area contributed by atoms with Gasteiger partial charge in [-0.3, -0.25) is 0 Å². The van der Waals surface area contributed by atoms with E-state index < -0.39 is 0 Å². The van der Waals surface area contributed by atoms with Gasteiger partial charge in [-0.25, -0.2) is 0 Å². The maximum absolute atomic E-state index is 2.32. The van der Waals surface area contributed by atoms with E-state index >= 15 is 0 Å². The van der Waals surface area contributed by atoms with E-state index in [1.165, 1.54) is 65.3 Å². The lowest BCUT2D eigenvalue weighted by atomic mass is 9.95. The molecule has 0 amide bonds. The minimum Gasteiger partial charge on any atom is -0.311 e. The van der Waals surface area contributed by atoms with Crippen molar-refractivity contribution in [3.05, 3.63) is 188 Å². The summed E-state index contributed by atoms with van der Waals surface area (Å²) in [4.78, 5) is 2.32. The molecule has 9 aromatic rings. The van der Waals surface area contributed by atoms with Crippen LogP contribution in [0.1, 0.15) is 0 Å². The van der Waals surface area contributed by atoms with Crippen molar-refractivity contribution in [1.82, 2.24) is 0 Å². The number of nitrogens with zero attached hydrogens (tertiary/aromatic N) is 1. The van der Waals surface area contributed by atoms with Crippen molar-refractivity contribution >= 4 is 60.2 Å². The zero-order chi connectivity index (χ0) is 31.2. The molecule has 9 aromatic carbocycles. The van der Waals surface area contributed by atoms with Crippen LogP contribution in [0.4, 0.5) is 17.1 Å². The quantitative estimate of drug-likeness (QED) is 0.178. The number of anilines is 3. The minimum atomic E-state index is 1.12. The lowest BCUT2D eigenvalue weighted by molar-refractivity contribution is 1.28. The Morgan fingerprint density at radius 1 is 0.234 bits per heavy atom. The molecule has 0 spiro atoms. The Labute approximate surface area is 274 Å². The summed E-state index contributed by atoms with van der Waals surface area (Å²) in [5, 5.41) is 10.3. The third-order valence-corrected chi connectivity index (χ3v) is 9.42. The average Bonchev–Trinajstić information content (AvgIpc) is 3.15. The van der Waals surface area contributed by atoms with E-state index in [2.05, 4.69) is 193 Å². The first-order valence-electron chi connectivity index (χ1n) is 16.2. The Bertz CT molecular complexity index is 2550. The summed E-state index contributed by atoms with van der Waals surface area (Å²) >= 11 is 0. The zero-order valence-electron chi connectivity index (χ0n) is 25.8. The van der Waals surface area contributed by atoms with Crippen molar-refractivity contribution in [1.29, 1.82) is 0 Å². The Hall–Kier alpha value is -6.18. The van der Waals surface area contributed by atoms with E-state index in [4.69, 9.17) is 0 Å². The van der Waals surface area contributed by atoms with Gasteiger partial charge in [0.1, 0.15) is 0 Å². The number of para-hydroxylation sites is 1. The normalized spacial score (nSPS) is 11.4. The predicted octanol–water partition coefficient (Wildman–Crippen LogP) is 13.1. The Balaban J connectivity index is 1.06. The molecule has 0 bridgehead atoms. The van der Waals surface area contributed by atoms with E-state index in [0.717, 1.165) is 17.1 Å². The van der Waals surface area contributed by atoms with E-state index in [0.29, 0.717) is 0 Å². The molecular formula is C46H31N. The van der Waals surface area contributed by atoms with Gasteiger partial charge < -0.3 is 4.90 Å². The minimum absolute atomic E-state index is 1.12. The van der Waals surface area contributed by atoms with Gasteiger partial charge in [0.25, 0.3) is 0 Å². The van der Waals surface area contributed by atoms with E-state index in [-0.39, 0.29) is 0 Å². The largest absolute Gasteiger partial charge is 0.311 e. The highest BCUT2D eigenvalue weighted by Gasteiger charge is 2.13. The number of hydrogen-bond donors (Lipinski definition) is 0. The Kier molecular flexibility index (Phi) is 6.54. The molecular weight excluding hydrogens is 567 g/mol. The van der Waals surface area contributed by atoms with Gasteiger partial charge in [-0.2, -0.15) is 0 Å². The monoisotopic (exact) mass is 597 g/mol. The number of fused-ring (bicyclic) bond motifs is 6. The Morgan fingerprint density at radius 3 is 1.34 bits per heavy atom. The molecule has 1 nitrogen and oxygen atoms in total. The molecule has 47 heavy (non-hydrogen) atoms. The second kappa shape index (κ2) is 11.3. The molecule has 0 aliphatic rings. The summed E-state index contributed by atoms with van der Waals surface area (Å²) in [6, 6.07) is 68.2. The maximum atomic E-state index is 2.32. The fraction of sp³-hybridized carbons (Fsp3) is 0. The summed E-state index contributed by atoms with van der Waals surface area (Å²) in [5.74, 6) is 0. The highest BCUT2D eigenvalue weighted by atomic mass is 15.1. The van der Waals surface area contributed by atoms with Crippen molar-refractivity contribution < 1.29 is 0 Å². The smallest absolute Gasteiger partial charge is 0.0462 e. The van der Waals surface area contributed by atoms with Crippen LogP contribution in [0.15, 0.2) is 188 Å². The average molecular weight is 598 g/mol. The molecule has 0 atom stereocenters. The van der Waals surface area contributed by atoms with Gasteiger partial charge >= 0.3 is 0 Å². The first-order valence-corrected chi connectivity index (χ1v) is 16.2. The van der Waals surface area contributed by atoms with E-state index in [1.807, 2.05) is 0 Å². The molecule has 0 fully saturated rings. The topological polar surface area (TPSA) is 3.24 Å². The van der Waals surface area contributed by atoms with Gasteiger partial charge in [-0.05, 0) is 114 Å². The summed E-state index contributed by atoms with van der Waals surface area (Å²) in [6.07, 6.45) is 0. The third kappa shape index (κ3) is 4.90. The van der Waals surface area contributed by atoms with Crippen LogP contribution < -0.4 is 4.90 Å². The SMILES string of the molecule is c1ccc(N(c2ccc(-c3ccc4ccccc4c3)cc2)c2ccc(-c3ccc4c(ccc5c6ccccc6ccc45)c3)cc2)cc1. The fourth-order valence-corrected chi connectivity index (χ4v) is 7.01. The predicted molar refractivity (Wildman–Crippen MR) is 202 cm³/mol. The highest BCUT2D eigenvalue weighted by molar-refractivity contribution is 6.17. The number of benzene rings is 9. The lowest BCUT2D eigenvalue weighted by Crippen LogP contribution is -2.09. The van der Waals surface area contributed by atoms with Gasteiger partial charge in [0.2, 0.25) is 0 Å². The summed E-state index contributed by atoms with van der Waals surface area (Å²) in [5.41, 5.74) is 8.23. The second-order valence-electron chi connectivity index (χ2n) is 12.2. The van der Waals surface area contributed by atoms with Crippen LogP contribution in [0.25, 0.3) is 65.3 Å². The highest BCUT2D eigenvalue weighted by Crippen LogP contribution is 2.38. The third-order valence-electron chi connectivity index (χ3n) is 9.42. The van der Waals surface area contributed by atoms with Crippen LogP contribution >= 0.6 is 0 Å². The van der Waals surface area contributed by atoms with Crippen molar-refractivity contribution in [2.75, 3.05) is 4.90 Å². The van der Waals surface area contributed by atoms with Crippen LogP contribution in [-0.4, -0.2) is 0 Å². The first-order chi connectivity index (χ1) is 23.3. The molecule has 0 aromatic heterocycles. The maximum Gasteiger partial charge on any atom is 0.0462 e. The van der Waals surface area contributed by atoms with Gasteiger partial charge in [0.15, 0.2) is 0 Å².